The van der Waals surface area contributed by atoms with E-state index in [1.165, 1.54) is 10.7 Å². The Balaban J connectivity index is 2.08. The summed E-state index contributed by atoms with van der Waals surface area (Å²) < 4.78 is 41.4. The zero-order valence-electron chi connectivity index (χ0n) is 12.2. The van der Waals surface area contributed by atoms with Crippen molar-refractivity contribution in [2.75, 3.05) is 0 Å². The van der Waals surface area contributed by atoms with Crippen molar-refractivity contribution in [1.82, 2.24) is 24.4 Å². The molecule has 0 aliphatic rings. The minimum Gasteiger partial charge on any atom is -0.213 e. The molecule has 0 fully saturated rings. The zero-order valence-corrected chi connectivity index (χ0v) is 13.0. The Morgan fingerprint density at radius 1 is 1.12 bits per heavy atom. The number of hydrogen-bond acceptors (Lipinski definition) is 3. The second kappa shape index (κ2) is 4.94. The molecule has 0 spiro atoms. The van der Waals surface area contributed by atoms with Crippen molar-refractivity contribution in [3.05, 3.63) is 52.9 Å². The number of rotatable bonds is 1. The Kier molecular flexibility index (Phi) is 3.08. The normalized spacial score (nSPS) is 12.4. The molecular weight excluding hydrogens is 343 g/mol. The highest BCUT2D eigenvalue weighted by atomic mass is 35.5. The maximum atomic E-state index is 12.9. The molecule has 0 radical (unpaired) electrons. The third kappa shape index (κ3) is 2.14. The van der Waals surface area contributed by atoms with Crippen LogP contribution < -0.4 is 0 Å². The molecule has 3 heterocycles. The van der Waals surface area contributed by atoms with Crippen LogP contribution in [0.25, 0.3) is 22.4 Å². The first kappa shape index (κ1) is 14.9. The van der Waals surface area contributed by atoms with Crippen LogP contribution in [0.15, 0.2) is 36.5 Å². The number of hydrogen-bond donors (Lipinski definition) is 0. The maximum absolute atomic E-state index is 12.9. The third-order valence-corrected chi connectivity index (χ3v) is 3.97. The summed E-state index contributed by atoms with van der Waals surface area (Å²) in [7, 11) is 0. The molecule has 0 bridgehead atoms. The summed E-state index contributed by atoms with van der Waals surface area (Å²) >= 11 is 6.25. The van der Waals surface area contributed by atoms with E-state index in [0.717, 1.165) is 9.90 Å². The Labute approximate surface area is 138 Å². The predicted molar refractivity (Wildman–Crippen MR) is 82.4 cm³/mol. The van der Waals surface area contributed by atoms with Crippen molar-refractivity contribution in [3.63, 3.8) is 0 Å². The summed E-state index contributed by atoms with van der Waals surface area (Å²) in [4.78, 5) is 3.55. The molecule has 3 aromatic heterocycles. The molecule has 4 aromatic rings. The van der Waals surface area contributed by atoms with Gasteiger partial charge in [0.2, 0.25) is 0 Å². The van der Waals surface area contributed by atoms with E-state index in [1.54, 1.807) is 31.3 Å². The van der Waals surface area contributed by atoms with Crippen LogP contribution in [0.3, 0.4) is 0 Å². The summed E-state index contributed by atoms with van der Waals surface area (Å²) in [6.45, 7) is 1.76. The topological polar surface area (TPSA) is 48.0 Å². The number of alkyl halides is 3. The molecule has 0 saturated carbocycles. The molecule has 0 saturated heterocycles. The lowest BCUT2D eigenvalue weighted by Crippen LogP contribution is -2.10. The van der Waals surface area contributed by atoms with Gasteiger partial charge in [0.15, 0.2) is 11.5 Å². The second-order valence-corrected chi connectivity index (χ2v) is 5.68. The highest BCUT2D eigenvalue weighted by Crippen LogP contribution is 2.30. The Morgan fingerprint density at radius 2 is 1.92 bits per heavy atom. The Morgan fingerprint density at radius 3 is 2.67 bits per heavy atom. The first-order valence-corrected chi connectivity index (χ1v) is 7.30. The van der Waals surface area contributed by atoms with Crippen molar-refractivity contribution in [2.45, 2.75) is 13.1 Å². The lowest BCUT2D eigenvalue weighted by molar-refractivity contribution is -0.144. The van der Waals surface area contributed by atoms with Gasteiger partial charge in [0.1, 0.15) is 0 Å². The van der Waals surface area contributed by atoms with Gasteiger partial charge < -0.3 is 0 Å². The molecule has 0 atom stereocenters. The van der Waals surface area contributed by atoms with Crippen LogP contribution in [0.4, 0.5) is 13.2 Å². The molecule has 4 rings (SSSR count). The predicted octanol–water partition coefficient (Wildman–Crippen LogP) is 4.05. The highest BCUT2D eigenvalue weighted by Gasteiger charge is 2.36. The molecule has 122 valence electrons. The number of benzene rings is 1. The Hall–Kier alpha value is -2.61. The third-order valence-electron chi connectivity index (χ3n) is 3.66. The first-order valence-electron chi connectivity index (χ1n) is 6.92. The number of nitrogens with zero attached hydrogens (tertiary/aromatic N) is 5. The van der Waals surface area contributed by atoms with Gasteiger partial charge >= 0.3 is 6.18 Å². The van der Waals surface area contributed by atoms with Gasteiger partial charge in [-0.2, -0.15) is 22.8 Å². The SMILES string of the molecule is Cc1ccc2nc(C(F)(F)F)nn2c1-n1ncc2cccc(Cl)c21. The number of pyridine rings is 1. The fraction of sp³-hybridized carbons (Fsp3) is 0.133. The molecule has 5 nitrogen and oxygen atoms in total. The van der Waals surface area contributed by atoms with Crippen molar-refractivity contribution in [3.8, 4) is 5.82 Å². The minimum atomic E-state index is -4.62. The fourth-order valence-electron chi connectivity index (χ4n) is 2.60. The molecule has 24 heavy (non-hydrogen) atoms. The summed E-state index contributed by atoms with van der Waals surface area (Å²) in [5.74, 6) is -0.837. The van der Waals surface area contributed by atoms with E-state index in [9.17, 15) is 13.2 Å². The summed E-state index contributed by atoms with van der Waals surface area (Å²) in [5, 5.41) is 9.10. The van der Waals surface area contributed by atoms with E-state index < -0.39 is 12.0 Å². The molecule has 0 unspecified atom stereocenters. The average Bonchev–Trinajstić information content (AvgIpc) is 3.11. The van der Waals surface area contributed by atoms with Crippen LogP contribution in [0.1, 0.15) is 11.4 Å². The van der Waals surface area contributed by atoms with Gasteiger partial charge in [0.05, 0.1) is 16.7 Å². The fourth-order valence-corrected chi connectivity index (χ4v) is 2.87. The van der Waals surface area contributed by atoms with Crippen LogP contribution in [0, 0.1) is 6.92 Å². The monoisotopic (exact) mass is 351 g/mol. The van der Waals surface area contributed by atoms with E-state index >= 15 is 0 Å². The molecule has 0 aliphatic carbocycles. The smallest absolute Gasteiger partial charge is 0.213 e. The van der Waals surface area contributed by atoms with Crippen LogP contribution in [-0.4, -0.2) is 24.4 Å². The minimum absolute atomic E-state index is 0.0821. The number of halogens is 4. The highest BCUT2D eigenvalue weighted by molar-refractivity contribution is 6.35. The van der Waals surface area contributed by atoms with E-state index in [-0.39, 0.29) is 5.65 Å². The number of aryl methyl sites for hydroxylation is 1. The van der Waals surface area contributed by atoms with Crippen LogP contribution >= 0.6 is 11.6 Å². The lowest BCUT2D eigenvalue weighted by Gasteiger charge is -2.10. The largest absolute Gasteiger partial charge is 0.453 e. The van der Waals surface area contributed by atoms with E-state index in [4.69, 9.17) is 11.6 Å². The van der Waals surface area contributed by atoms with Gasteiger partial charge in [0, 0.05) is 5.39 Å². The average molecular weight is 352 g/mol. The molecule has 0 amide bonds. The number of para-hydroxylation sites is 1. The van der Waals surface area contributed by atoms with Crippen molar-refractivity contribution < 1.29 is 13.2 Å². The van der Waals surface area contributed by atoms with Gasteiger partial charge in [-0.25, -0.2) is 9.67 Å². The maximum Gasteiger partial charge on any atom is 0.453 e. The summed E-state index contributed by atoms with van der Waals surface area (Å²) in [5.41, 5.74) is 1.36. The van der Waals surface area contributed by atoms with E-state index in [2.05, 4.69) is 15.2 Å². The molecular formula is C15H9ClF3N5. The molecule has 9 heteroatoms. The first-order chi connectivity index (χ1) is 11.4. The van der Waals surface area contributed by atoms with Gasteiger partial charge in [-0.05, 0) is 24.6 Å². The van der Waals surface area contributed by atoms with Gasteiger partial charge in [-0.15, -0.1) is 5.10 Å². The summed E-state index contributed by atoms with van der Waals surface area (Å²) in [6.07, 6.45) is -3.03. The molecule has 0 N–H and O–H groups in total. The molecule has 1 aromatic carbocycles. The van der Waals surface area contributed by atoms with Crippen molar-refractivity contribution in [1.29, 1.82) is 0 Å². The van der Waals surface area contributed by atoms with Gasteiger partial charge in [0.25, 0.3) is 5.82 Å². The van der Waals surface area contributed by atoms with E-state index in [0.29, 0.717) is 21.9 Å². The Bertz CT molecular complexity index is 1080. The summed E-state index contributed by atoms with van der Waals surface area (Å²) in [6, 6.07) is 8.45. The quantitative estimate of drug-likeness (QED) is 0.520. The van der Waals surface area contributed by atoms with Crippen molar-refractivity contribution >= 4 is 28.2 Å². The zero-order chi connectivity index (χ0) is 17.1. The van der Waals surface area contributed by atoms with E-state index in [1.807, 2.05) is 6.07 Å². The van der Waals surface area contributed by atoms with Gasteiger partial charge in [-0.1, -0.05) is 29.8 Å². The van der Waals surface area contributed by atoms with Gasteiger partial charge in [-0.3, -0.25) is 0 Å². The van der Waals surface area contributed by atoms with Crippen LogP contribution in [-0.2, 0) is 6.18 Å². The lowest BCUT2D eigenvalue weighted by atomic mass is 10.2. The number of aromatic nitrogens is 5. The number of fused-ring (bicyclic) bond motifs is 2. The second-order valence-electron chi connectivity index (χ2n) is 5.28. The molecule has 0 aliphatic heterocycles. The van der Waals surface area contributed by atoms with Crippen molar-refractivity contribution in [2.24, 2.45) is 0 Å². The standard InChI is InChI=1S/C15H9ClF3N5/c1-8-5-6-11-21-14(15(17,18)19)22-23(11)13(8)24-12-9(7-20-24)3-2-4-10(12)16/h2-7H,1H3. The van der Waals surface area contributed by atoms with Crippen LogP contribution in [0.5, 0.6) is 0 Å². The van der Waals surface area contributed by atoms with Crippen LogP contribution in [0.2, 0.25) is 5.02 Å².